The Hall–Kier alpha value is -2.43. The molecule has 7 nitrogen and oxygen atoms in total. The van der Waals surface area contributed by atoms with Gasteiger partial charge in [0, 0.05) is 6.07 Å². The van der Waals surface area contributed by atoms with Gasteiger partial charge in [-0.2, -0.15) is 18.3 Å². The van der Waals surface area contributed by atoms with Crippen molar-refractivity contribution in [1.82, 2.24) is 9.78 Å². The second-order valence-corrected chi connectivity index (χ2v) is 5.52. The second kappa shape index (κ2) is 6.59. The van der Waals surface area contributed by atoms with E-state index in [9.17, 15) is 28.1 Å². The van der Waals surface area contributed by atoms with Crippen LogP contribution in [0.3, 0.4) is 0 Å². The number of nitro groups is 1. The SMILES string of the molecule is Cc1c(Br)c(C(F)(F)F)nn1CC(=O)Nc1ccccc1[N+](=O)[O-]. The maximum Gasteiger partial charge on any atom is 0.436 e. The highest BCUT2D eigenvalue weighted by Gasteiger charge is 2.38. The molecule has 0 atom stereocenters. The quantitative estimate of drug-likeness (QED) is 0.621. The minimum absolute atomic E-state index is 0.0487. The summed E-state index contributed by atoms with van der Waals surface area (Å²) in [5.74, 6) is -0.740. The van der Waals surface area contributed by atoms with Crippen molar-refractivity contribution in [3.05, 3.63) is 50.2 Å². The minimum atomic E-state index is -4.66. The van der Waals surface area contributed by atoms with Crippen molar-refractivity contribution >= 4 is 33.2 Å². The van der Waals surface area contributed by atoms with E-state index in [1.54, 1.807) is 0 Å². The fourth-order valence-corrected chi connectivity index (χ4v) is 2.43. The van der Waals surface area contributed by atoms with Gasteiger partial charge in [0.2, 0.25) is 5.91 Å². The standard InChI is InChI=1S/C13H10BrF3N4O3/c1-7-11(14)12(13(15,16)17)19-20(7)6-10(22)18-8-4-2-3-5-9(8)21(23)24/h2-5H,6H2,1H3,(H,18,22). The summed E-state index contributed by atoms with van der Waals surface area (Å²) in [4.78, 5) is 22.2. The van der Waals surface area contributed by atoms with Crippen LogP contribution >= 0.6 is 15.9 Å². The zero-order valence-corrected chi connectivity index (χ0v) is 13.7. The predicted octanol–water partition coefficient (Wildman–Crippen LogP) is 3.52. The van der Waals surface area contributed by atoms with E-state index in [4.69, 9.17) is 0 Å². The number of amides is 1. The minimum Gasteiger partial charge on any atom is -0.319 e. The number of anilines is 1. The normalized spacial score (nSPS) is 11.4. The number of alkyl halides is 3. The zero-order valence-electron chi connectivity index (χ0n) is 12.1. The molecule has 1 heterocycles. The third kappa shape index (κ3) is 3.72. The number of nitrogens with one attached hydrogen (secondary N) is 1. The fraction of sp³-hybridized carbons (Fsp3) is 0.231. The number of hydrogen-bond donors (Lipinski definition) is 1. The fourth-order valence-electron chi connectivity index (χ4n) is 1.92. The number of rotatable bonds is 4. The topological polar surface area (TPSA) is 90.1 Å². The molecule has 0 fully saturated rings. The molecule has 2 rings (SSSR count). The molecule has 128 valence electrons. The third-order valence-electron chi connectivity index (χ3n) is 3.07. The van der Waals surface area contributed by atoms with Crippen molar-refractivity contribution in [1.29, 1.82) is 0 Å². The number of aromatic nitrogens is 2. The van der Waals surface area contributed by atoms with Crippen LogP contribution in [0.25, 0.3) is 0 Å². The molecular weight excluding hydrogens is 397 g/mol. The van der Waals surface area contributed by atoms with E-state index in [1.165, 1.54) is 31.2 Å². The molecule has 0 unspecified atom stereocenters. The lowest BCUT2D eigenvalue weighted by Crippen LogP contribution is -2.21. The maximum absolute atomic E-state index is 12.8. The molecule has 0 spiro atoms. The summed E-state index contributed by atoms with van der Waals surface area (Å²) in [5, 5.41) is 16.5. The van der Waals surface area contributed by atoms with Crippen LogP contribution in [0.4, 0.5) is 24.5 Å². The Kier molecular flexibility index (Phi) is 4.92. The Labute approximate surface area is 141 Å². The molecule has 1 aromatic carbocycles. The highest BCUT2D eigenvalue weighted by Crippen LogP contribution is 2.35. The summed E-state index contributed by atoms with van der Waals surface area (Å²) in [6.45, 7) is 0.844. The van der Waals surface area contributed by atoms with E-state index < -0.39 is 29.2 Å². The molecule has 11 heteroatoms. The number of benzene rings is 1. The van der Waals surface area contributed by atoms with E-state index >= 15 is 0 Å². The van der Waals surface area contributed by atoms with Crippen LogP contribution in [-0.2, 0) is 17.5 Å². The monoisotopic (exact) mass is 406 g/mol. The number of nitro benzene ring substituents is 1. The van der Waals surface area contributed by atoms with Crippen LogP contribution in [0.1, 0.15) is 11.4 Å². The van der Waals surface area contributed by atoms with Gasteiger partial charge in [0.15, 0.2) is 5.69 Å². The first kappa shape index (κ1) is 17.9. The smallest absolute Gasteiger partial charge is 0.319 e. The van der Waals surface area contributed by atoms with Crippen molar-refractivity contribution < 1.29 is 22.9 Å². The molecule has 24 heavy (non-hydrogen) atoms. The van der Waals surface area contributed by atoms with E-state index in [0.717, 1.165) is 4.68 Å². The summed E-state index contributed by atoms with van der Waals surface area (Å²) in [5.41, 5.74) is -1.40. The van der Waals surface area contributed by atoms with Crippen molar-refractivity contribution in [3.8, 4) is 0 Å². The average molecular weight is 407 g/mol. The molecule has 1 amide bonds. The van der Waals surface area contributed by atoms with Crippen molar-refractivity contribution in [2.24, 2.45) is 0 Å². The Morgan fingerprint density at radius 3 is 2.58 bits per heavy atom. The van der Waals surface area contributed by atoms with Crippen LogP contribution < -0.4 is 5.32 Å². The van der Waals surface area contributed by atoms with Gasteiger partial charge in [-0.25, -0.2) is 0 Å². The van der Waals surface area contributed by atoms with Crippen LogP contribution in [0, 0.1) is 17.0 Å². The zero-order chi connectivity index (χ0) is 18.1. The molecule has 1 N–H and O–H groups in total. The first-order valence-corrected chi connectivity index (χ1v) is 7.24. The Balaban J connectivity index is 2.21. The Morgan fingerprint density at radius 2 is 2.04 bits per heavy atom. The lowest BCUT2D eigenvalue weighted by molar-refractivity contribution is -0.383. The van der Waals surface area contributed by atoms with Gasteiger partial charge in [0.05, 0.1) is 15.1 Å². The molecule has 0 aliphatic heterocycles. The molecule has 0 bridgehead atoms. The number of halogens is 4. The number of carbonyl (C=O) groups excluding carboxylic acids is 1. The highest BCUT2D eigenvalue weighted by atomic mass is 79.9. The molecule has 0 aliphatic carbocycles. The Bertz CT molecular complexity index is 804. The van der Waals surface area contributed by atoms with E-state index in [0.29, 0.717) is 0 Å². The van der Waals surface area contributed by atoms with Gasteiger partial charge in [-0.15, -0.1) is 0 Å². The Morgan fingerprint density at radius 1 is 1.42 bits per heavy atom. The van der Waals surface area contributed by atoms with Crippen LogP contribution in [0.15, 0.2) is 28.7 Å². The van der Waals surface area contributed by atoms with Crippen LogP contribution in [0.5, 0.6) is 0 Å². The van der Waals surface area contributed by atoms with Crippen LogP contribution in [-0.4, -0.2) is 20.6 Å². The third-order valence-corrected chi connectivity index (χ3v) is 4.02. The summed E-state index contributed by atoms with van der Waals surface area (Å²) in [7, 11) is 0. The van der Waals surface area contributed by atoms with Gasteiger partial charge < -0.3 is 5.32 Å². The van der Waals surface area contributed by atoms with Crippen molar-refractivity contribution in [2.75, 3.05) is 5.32 Å². The molecule has 0 saturated heterocycles. The number of para-hydroxylation sites is 2. The average Bonchev–Trinajstić information content (AvgIpc) is 2.76. The molecular formula is C13H10BrF3N4O3. The summed E-state index contributed by atoms with van der Waals surface area (Å²) >= 11 is 2.80. The molecule has 2 aromatic rings. The number of carbonyl (C=O) groups is 1. The number of hydrogen-bond acceptors (Lipinski definition) is 4. The van der Waals surface area contributed by atoms with Gasteiger partial charge in [-0.1, -0.05) is 12.1 Å². The highest BCUT2D eigenvalue weighted by molar-refractivity contribution is 9.10. The van der Waals surface area contributed by atoms with Crippen molar-refractivity contribution in [3.63, 3.8) is 0 Å². The molecule has 0 radical (unpaired) electrons. The molecule has 1 aromatic heterocycles. The van der Waals surface area contributed by atoms with Gasteiger partial charge >= 0.3 is 6.18 Å². The largest absolute Gasteiger partial charge is 0.436 e. The second-order valence-electron chi connectivity index (χ2n) is 4.73. The summed E-state index contributed by atoms with van der Waals surface area (Å²) in [6.07, 6.45) is -4.66. The number of nitrogens with zero attached hydrogens (tertiary/aromatic N) is 3. The lowest BCUT2D eigenvalue weighted by Gasteiger charge is -2.07. The summed E-state index contributed by atoms with van der Waals surface area (Å²) < 4.78 is 39.0. The van der Waals surface area contributed by atoms with Crippen molar-refractivity contribution in [2.45, 2.75) is 19.6 Å². The molecule has 0 saturated carbocycles. The van der Waals surface area contributed by atoms with Gasteiger partial charge in [0.1, 0.15) is 12.2 Å². The first-order chi connectivity index (χ1) is 11.1. The maximum atomic E-state index is 12.8. The summed E-state index contributed by atoms with van der Waals surface area (Å²) in [6, 6.07) is 5.44. The van der Waals surface area contributed by atoms with Crippen LogP contribution in [0.2, 0.25) is 0 Å². The first-order valence-electron chi connectivity index (χ1n) is 6.44. The van der Waals surface area contributed by atoms with E-state index in [1.807, 2.05) is 0 Å². The van der Waals surface area contributed by atoms with Gasteiger partial charge in [-0.3, -0.25) is 19.6 Å². The van der Waals surface area contributed by atoms with E-state index in [2.05, 4.69) is 26.3 Å². The van der Waals surface area contributed by atoms with E-state index in [-0.39, 0.29) is 21.5 Å². The molecule has 0 aliphatic rings. The lowest BCUT2D eigenvalue weighted by atomic mass is 10.2. The predicted molar refractivity (Wildman–Crippen MR) is 81.4 cm³/mol. The van der Waals surface area contributed by atoms with Gasteiger partial charge in [-0.05, 0) is 28.9 Å². The van der Waals surface area contributed by atoms with Gasteiger partial charge in [0.25, 0.3) is 5.69 Å².